The number of benzene rings is 2. The predicted molar refractivity (Wildman–Crippen MR) is 129 cm³/mol. The summed E-state index contributed by atoms with van der Waals surface area (Å²) >= 11 is 5.09. The standard InChI is InChI=1S/C24H31N3O4S/c1-4-5-6-7-15-30-20-13-11-18(12-14-20)23(29)26-27-24(32)25-22(28)19-9-8-10-21(16-19)31-17(2)3/h8-14,16-17H,4-7,15H2,1-3H3,(H,26,29)(H2,25,27,28,32). The van der Waals surface area contributed by atoms with Crippen LogP contribution in [-0.4, -0.2) is 29.6 Å². The first-order valence-electron chi connectivity index (χ1n) is 10.8. The van der Waals surface area contributed by atoms with Gasteiger partial charge in [-0.3, -0.25) is 25.8 Å². The van der Waals surface area contributed by atoms with Crippen LogP contribution in [0.5, 0.6) is 11.5 Å². The Morgan fingerprint density at radius 1 is 0.906 bits per heavy atom. The van der Waals surface area contributed by atoms with Gasteiger partial charge in [0.25, 0.3) is 11.8 Å². The van der Waals surface area contributed by atoms with E-state index in [0.29, 0.717) is 23.5 Å². The highest BCUT2D eigenvalue weighted by Gasteiger charge is 2.11. The SMILES string of the molecule is CCCCCCOc1ccc(C(=O)NNC(=S)NC(=O)c2cccc(OC(C)C)c2)cc1. The van der Waals surface area contributed by atoms with Crippen LogP contribution in [0, 0.1) is 0 Å². The summed E-state index contributed by atoms with van der Waals surface area (Å²) in [7, 11) is 0. The zero-order valence-corrected chi connectivity index (χ0v) is 19.6. The van der Waals surface area contributed by atoms with Crippen molar-refractivity contribution in [2.45, 2.75) is 52.6 Å². The van der Waals surface area contributed by atoms with Crippen molar-refractivity contribution in [3.8, 4) is 11.5 Å². The molecule has 2 aromatic carbocycles. The van der Waals surface area contributed by atoms with Gasteiger partial charge in [-0.05, 0) is 75.0 Å². The highest BCUT2D eigenvalue weighted by molar-refractivity contribution is 7.80. The Morgan fingerprint density at radius 2 is 1.66 bits per heavy atom. The number of unbranched alkanes of at least 4 members (excludes halogenated alkanes) is 3. The minimum absolute atomic E-state index is 0.00214. The first-order valence-corrected chi connectivity index (χ1v) is 11.2. The number of rotatable bonds is 10. The van der Waals surface area contributed by atoms with E-state index in [9.17, 15) is 9.59 Å². The quantitative estimate of drug-likeness (QED) is 0.279. The largest absolute Gasteiger partial charge is 0.494 e. The summed E-state index contributed by atoms with van der Waals surface area (Å²) < 4.78 is 11.3. The van der Waals surface area contributed by atoms with Crippen molar-refractivity contribution in [2.75, 3.05) is 6.61 Å². The summed E-state index contributed by atoms with van der Waals surface area (Å²) in [5.74, 6) is 0.514. The maximum atomic E-state index is 12.4. The number of carbonyl (C=O) groups excluding carboxylic acids is 2. The van der Waals surface area contributed by atoms with E-state index in [1.54, 1.807) is 48.5 Å². The second-order valence-electron chi connectivity index (χ2n) is 7.49. The molecule has 2 amide bonds. The highest BCUT2D eigenvalue weighted by Crippen LogP contribution is 2.15. The first-order chi connectivity index (χ1) is 15.4. The molecular weight excluding hydrogens is 426 g/mol. The van der Waals surface area contributed by atoms with Crippen molar-refractivity contribution in [2.24, 2.45) is 0 Å². The molecule has 8 heteroatoms. The predicted octanol–water partition coefficient (Wildman–Crippen LogP) is 4.38. The zero-order valence-electron chi connectivity index (χ0n) is 18.8. The van der Waals surface area contributed by atoms with Gasteiger partial charge in [0.05, 0.1) is 12.7 Å². The van der Waals surface area contributed by atoms with Gasteiger partial charge in [0.2, 0.25) is 0 Å². The van der Waals surface area contributed by atoms with E-state index in [1.807, 2.05) is 13.8 Å². The third kappa shape index (κ3) is 8.93. The van der Waals surface area contributed by atoms with Crippen LogP contribution in [0.2, 0.25) is 0 Å². The minimum atomic E-state index is -0.411. The van der Waals surface area contributed by atoms with Gasteiger partial charge in [0.1, 0.15) is 11.5 Å². The number of hydrazine groups is 1. The number of hydrogen-bond acceptors (Lipinski definition) is 5. The summed E-state index contributed by atoms with van der Waals surface area (Å²) in [6.07, 6.45) is 4.55. The van der Waals surface area contributed by atoms with Crippen molar-refractivity contribution in [1.82, 2.24) is 16.2 Å². The maximum absolute atomic E-state index is 12.4. The molecule has 0 heterocycles. The molecule has 7 nitrogen and oxygen atoms in total. The van der Waals surface area contributed by atoms with Crippen molar-refractivity contribution in [3.05, 3.63) is 59.7 Å². The van der Waals surface area contributed by atoms with Crippen LogP contribution in [0.4, 0.5) is 0 Å². The van der Waals surface area contributed by atoms with E-state index >= 15 is 0 Å². The van der Waals surface area contributed by atoms with E-state index in [1.165, 1.54) is 12.8 Å². The van der Waals surface area contributed by atoms with Gasteiger partial charge in [0, 0.05) is 11.1 Å². The Labute approximate surface area is 194 Å². The summed E-state index contributed by atoms with van der Waals surface area (Å²) in [6, 6.07) is 13.6. The van der Waals surface area contributed by atoms with Gasteiger partial charge in [-0.1, -0.05) is 32.3 Å². The number of hydrogen-bond donors (Lipinski definition) is 3. The lowest BCUT2D eigenvalue weighted by Gasteiger charge is -2.13. The second-order valence-corrected chi connectivity index (χ2v) is 7.90. The average Bonchev–Trinajstić information content (AvgIpc) is 2.77. The molecule has 0 aromatic heterocycles. The Morgan fingerprint density at radius 3 is 2.34 bits per heavy atom. The second kappa shape index (κ2) is 13.3. The molecule has 0 saturated heterocycles. The molecule has 3 N–H and O–H groups in total. The van der Waals surface area contributed by atoms with Gasteiger partial charge in [0.15, 0.2) is 5.11 Å². The van der Waals surface area contributed by atoms with Crippen LogP contribution in [0.3, 0.4) is 0 Å². The average molecular weight is 458 g/mol. The van der Waals surface area contributed by atoms with Crippen molar-refractivity contribution >= 4 is 29.1 Å². The molecule has 32 heavy (non-hydrogen) atoms. The molecular formula is C24H31N3O4S. The molecule has 2 aromatic rings. The van der Waals surface area contributed by atoms with Gasteiger partial charge in [-0.15, -0.1) is 0 Å². The summed E-state index contributed by atoms with van der Waals surface area (Å²) in [4.78, 5) is 24.7. The third-order valence-electron chi connectivity index (χ3n) is 4.37. The number of nitrogens with one attached hydrogen (secondary N) is 3. The van der Waals surface area contributed by atoms with Crippen LogP contribution >= 0.6 is 12.2 Å². The molecule has 0 aliphatic carbocycles. The summed E-state index contributed by atoms with van der Waals surface area (Å²) in [5.41, 5.74) is 5.83. The molecule has 0 spiro atoms. The van der Waals surface area contributed by atoms with Gasteiger partial charge in [-0.25, -0.2) is 0 Å². The first kappa shape index (κ1) is 25.1. The lowest BCUT2D eigenvalue weighted by molar-refractivity contribution is 0.0934. The van der Waals surface area contributed by atoms with Crippen LogP contribution < -0.4 is 25.6 Å². The van der Waals surface area contributed by atoms with Gasteiger partial charge < -0.3 is 9.47 Å². The highest BCUT2D eigenvalue weighted by atomic mass is 32.1. The number of amides is 2. The fraction of sp³-hybridized carbons (Fsp3) is 0.375. The van der Waals surface area contributed by atoms with Crippen molar-refractivity contribution in [3.63, 3.8) is 0 Å². The number of carbonyl (C=O) groups is 2. The zero-order chi connectivity index (χ0) is 23.3. The van der Waals surface area contributed by atoms with E-state index in [2.05, 4.69) is 23.1 Å². The van der Waals surface area contributed by atoms with Crippen LogP contribution in [-0.2, 0) is 0 Å². The molecule has 172 valence electrons. The van der Waals surface area contributed by atoms with E-state index in [0.717, 1.165) is 18.6 Å². The smallest absolute Gasteiger partial charge is 0.269 e. The van der Waals surface area contributed by atoms with Crippen LogP contribution in [0.25, 0.3) is 0 Å². The number of thiocarbonyl (C=S) groups is 1. The van der Waals surface area contributed by atoms with E-state index in [-0.39, 0.29) is 17.1 Å². The normalized spacial score (nSPS) is 10.4. The van der Waals surface area contributed by atoms with Crippen LogP contribution in [0.1, 0.15) is 67.2 Å². The molecule has 0 aliphatic heterocycles. The molecule has 0 aliphatic rings. The van der Waals surface area contributed by atoms with Gasteiger partial charge >= 0.3 is 0 Å². The minimum Gasteiger partial charge on any atom is -0.494 e. The topological polar surface area (TPSA) is 88.7 Å². The summed E-state index contributed by atoms with van der Waals surface area (Å²) in [6.45, 7) is 6.64. The fourth-order valence-corrected chi connectivity index (χ4v) is 2.94. The van der Waals surface area contributed by atoms with Crippen molar-refractivity contribution < 1.29 is 19.1 Å². The van der Waals surface area contributed by atoms with E-state index in [4.69, 9.17) is 21.7 Å². The van der Waals surface area contributed by atoms with Gasteiger partial charge in [-0.2, -0.15) is 0 Å². The lowest BCUT2D eigenvalue weighted by Crippen LogP contribution is -2.48. The Hall–Kier alpha value is -3.13. The molecule has 0 radical (unpaired) electrons. The Bertz CT molecular complexity index is 900. The molecule has 0 saturated carbocycles. The monoisotopic (exact) mass is 457 g/mol. The fourth-order valence-electron chi connectivity index (χ4n) is 2.80. The molecule has 2 rings (SSSR count). The van der Waals surface area contributed by atoms with Crippen molar-refractivity contribution in [1.29, 1.82) is 0 Å². The Kier molecular flexibility index (Phi) is 10.5. The molecule has 0 bridgehead atoms. The number of ether oxygens (including phenoxy) is 2. The van der Waals surface area contributed by atoms with E-state index < -0.39 is 5.91 Å². The molecule has 0 unspecified atom stereocenters. The van der Waals surface area contributed by atoms with Crippen LogP contribution in [0.15, 0.2) is 48.5 Å². The lowest BCUT2D eigenvalue weighted by atomic mass is 10.2. The maximum Gasteiger partial charge on any atom is 0.269 e. The Balaban J connectivity index is 1.77. The third-order valence-corrected chi connectivity index (χ3v) is 4.57. The molecule has 0 atom stereocenters. The summed E-state index contributed by atoms with van der Waals surface area (Å²) in [5, 5.41) is 2.50. The molecule has 0 fully saturated rings.